The third-order valence-corrected chi connectivity index (χ3v) is 11.4. The molecule has 6 aromatic rings. The third-order valence-electron chi connectivity index (χ3n) is 11.4. The monoisotopic (exact) mass is 839 g/mol. The van der Waals surface area contributed by atoms with Crippen molar-refractivity contribution in [2.24, 2.45) is 0 Å². The number of carbonyl (C=O) groups is 1. The van der Waals surface area contributed by atoms with Crippen LogP contribution in [0.4, 0.5) is 60.0 Å². The molecule has 2 fully saturated rings. The van der Waals surface area contributed by atoms with Gasteiger partial charge in [0.1, 0.15) is 5.82 Å². The first kappa shape index (κ1) is 39.8. The maximum absolute atomic E-state index is 13.6. The Kier molecular flexibility index (Phi) is 9.86. The van der Waals surface area contributed by atoms with E-state index in [1.54, 1.807) is 54.5 Å². The zero-order chi connectivity index (χ0) is 42.8. The highest BCUT2D eigenvalue weighted by Crippen LogP contribution is 2.44. The van der Waals surface area contributed by atoms with Crippen molar-refractivity contribution in [3.8, 4) is 33.8 Å². The fraction of sp³-hybridized carbons (Fsp3) is 0.295. The lowest BCUT2D eigenvalue weighted by Gasteiger charge is -2.36. The first-order valence-corrected chi connectivity index (χ1v) is 19.7. The fourth-order valence-electron chi connectivity index (χ4n) is 8.56. The predicted octanol–water partition coefficient (Wildman–Crippen LogP) is 10.1. The Morgan fingerprint density at radius 2 is 1.39 bits per heavy atom. The molecule has 4 aliphatic heterocycles. The Morgan fingerprint density at radius 1 is 0.754 bits per heavy atom. The van der Waals surface area contributed by atoms with E-state index < -0.39 is 29.5 Å². The zero-order valence-electron chi connectivity index (χ0n) is 33.2. The highest BCUT2D eigenvalue weighted by Gasteiger charge is 2.42. The standard InChI is InChI=1S/C27H23F3N6O2.C17H16F3N3/c1-15-10-21(17-4-3-5-19(11-17)27(28,29)30)33-25-24(15)35-9-7-20(14-35)36(25)26(37)34-23-12-18(6-8-31-23)22-13-32-16(2)38-22;1-10-7-14(11-3-2-4-12(8-11)17(18,19)20)22-16-15(10)23-6-5-13(9-23)21-16/h3-6,8,10-13,20H,7,9,14H2,1-2H3,(H,31,34,37);2-4,7-8,13H,5-6,9H2,1H3,(H,21,22)/t20-;13-/m00/s1. The molecule has 314 valence electrons. The van der Waals surface area contributed by atoms with E-state index in [1.807, 2.05) is 19.9 Å². The summed E-state index contributed by atoms with van der Waals surface area (Å²) in [6.45, 7) is 8.99. The van der Waals surface area contributed by atoms with Crippen LogP contribution in [0.2, 0.25) is 0 Å². The maximum atomic E-state index is 13.6. The lowest BCUT2D eigenvalue weighted by Crippen LogP contribution is -2.48. The molecule has 11 nitrogen and oxygen atoms in total. The number of aryl methyl sites for hydroxylation is 3. The van der Waals surface area contributed by atoms with Crippen LogP contribution in [0.25, 0.3) is 33.8 Å². The molecule has 2 aromatic carbocycles. The molecule has 0 radical (unpaired) electrons. The molecule has 61 heavy (non-hydrogen) atoms. The van der Waals surface area contributed by atoms with Gasteiger partial charge in [0.05, 0.1) is 46.1 Å². The highest BCUT2D eigenvalue weighted by atomic mass is 19.4. The number of urea groups is 1. The molecule has 0 saturated carbocycles. The first-order valence-electron chi connectivity index (χ1n) is 19.7. The van der Waals surface area contributed by atoms with E-state index in [4.69, 9.17) is 9.40 Å². The van der Waals surface area contributed by atoms with Gasteiger partial charge in [0, 0.05) is 62.0 Å². The molecule has 2 saturated heterocycles. The minimum atomic E-state index is -4.47. The van der Waals surface area contributed by atoms with Crippen LogP contribution >= 0.6 is 0 Å². The molecular weight excluding hydrogens is 801 g/mol. The van der Waals surface area contributed by atoms with E-state index in [2.05, 4.69) is 35.4 Å². The van der Waals surface area contributed by atoms with Crippen LogP contribution in [0.3, 0.4) is 0 Å². The SMILES string of the molecule is Cc1cc(-c2cccc(C(F)(F)F)c2)nc2c1N1CC[C@@H](C1)N2.Cc1ncc(-c2ccnc(NC(=O)N3c4nc(-c5cccc(C(F)(F)F)c5)cc(C)c4N4CC[C@H]3C4)c2)o1. The summed E-state index contributed by atoms with van der Waals surface area (Å²) in [6, 6.07) is 17.3. The Balaban J connectivity index is 0.000000176. The van der Waals surface area contributed by atoms with E-state index >= 15 is 0 Å². The Labute approximate surface area is 346 Å². The number of hydrogen-bond acceptors (Lipinski definition) is 9. The van der Waals surface area contributed by atoms with E-state index in [1.165, 1.54) is 12.1 Å². The Morgan fingerprint density at radius 3 is 2.05 bits per heavy atom. The average Bonchev–Trinajstić information content (AvgIpc) is 3.96. The van der Waals surface area contributed by atoms with E-state index in [0.717, 1.165) is 85.1 Å². The van der Waals surface area contributed by atoms with Gasteiger partial charge in [-0.3, -0.25) is 10.2 Å². The van der Waals surface area contributed by atoms with Crippen LogP contribution in [-0.4, -0.2) is 64.2 Å². The van der Waals surface area contributed by atoms with Crippen LogP contribution in [0.15, 0.2) is 89.6 Å². The number of nitrogens with zero attached hydrogens (tertiary/aromatic N) is 7. The molecule has 10 rings (SSSR count). The van der Waals surface area contributed by atoms with Crippen molar-refractivity contribution in [1.29, 1.82) is 0 Å². The third kappa shape index (κ3) is 7.79. The number of anilines is 5. The van der Waals surface area contributed by atoms with E-state index in [-0.39, 0.29) is 6.04 Å². The van der Waals surface area contributed by atoms with E-state index in [0.29, 0.717) is 64.0 Å². The van der Waals surface area contributed by atoms with Crippen LogP contribution in [-0.2, 0) is 12.4 Å². The van der Waals surface area contributed by atoms with Gasteiger partial charge in [-0.05, 0) is 86.3 Å². The summed E-state index contributed by atoms with van der Waals surface area (Å²) in [4.78, 5) is 37.4. The number of hydrogen-bond donors (Lipinski definition) is 2. The largest absolute Gasteiger partial charge is 0.441 e. The quantitative estimate of drug-likeness (QED) is 0.167. The number of aromatic nitrogens is 4. The number of alkyl halides is 6. The number of benzene rings is 2. The molecule has 4 bridgehead atoms. The smallest absolute Gasteiger partial charge is 0.416 e. The predicted molar refractivity (Wildman–Crippen MR) is 220 cm³/mol. The highest BCUT2D eigenvalue weighted by molar-refractivity contribution is 6.05. The van der Waals surface area contributed by atoms with Gasteiger partial charge in [-0.15, -0.1) is 0 Å². The summed E-state index contributed by atoms with van der Waals surface area (Å²) in [7, 11) is 0. The molecule has 2 atom stereocenters. The van der Waals surface area contributed by atoms with Gasteiger partial charge in [0.2, 0.25) is 0 Å². The van der Waals surface area contributed by atoms with Gasteiger partial charge in [-0.1, -0.05) is 24.3 Å². The normalized spacial score (nSPS) is 17.6. The van der Waals surface area contributed by atoms with Crippen molar-refractivity contribution in [2.45, 2.75) is 58.0 Å². The van der Waals surface area contributed by atoms with Gasteiger partial charge < -0.3 is 19.5 Å². The second-order valence-electron chi connectivity index (χ2n) is 15.6. The molecular formula is C44H39F6N9O2. The van der Waals surface area contributed by atoms with Gasteiger partial charge in [-0.25, -0.2) is 24.7 Å². The summed E-state index contributed by atoms with van der Waals surface area (Å²) in [5.41, 5.74) is 4.83. The Bertz CT molecular complexity index is 2660. The molecule has 2 N–H and O–H groups in total. The molecule has 0 aliphatic carbocycles. The fourth-order valence-corrected chi connectivity index (χ4v) is 8.56. The topological polar surface area (TPSA) is 116 Å². The van der Waals surface area contributed by atoms with Gasteiger partial charge in [0.15, 0.2) is 23.3 Å². The average molecular weight is 840 g/mol. The molecule has 4 aromatic heterocycles. The lowest BCUT2D eigenvalue weighted by molar-refractivity contribution is -0.138. The first-order chi connectivity index (χ1) is 29.1. The molecule has 17 heteroatoms. The van der Waals surface area contributed by atoms with Crippen molar-refractivity contribution in [3.63, 3.8) is 0 Å². The summed E-state index contributed by atoms with van der Waals surface area (Å²) in [6.07, 6.45) is -3.84. The minimum Gasteiger partial charge on any atom is -0.441 e. The van der Waals surface area contributed by atoms with Gasteiger partial charge >= 0.3 is 18.4 Å². The summed E-state index contributed by atoms with van der Waals surface area (Å²) in [5, 5.41) is 6.28. The summed E-state index contributed by atoms with van der Waals surface area (Å²) < 4.78 is 84.4. The van der Waals surface area contributed by atoms with E-state index in [9.17, 15) is 31.1 Å². The molecule has 0 unspecified atom stereocenters. The number of fused-ring (bicyclic) bond motifs is 8. The number of rotatable bonds is 4. The van der Waals surface area contributed by atoms with Crippen LogP contribution < -0.4 is 25.3 Å². The van der Waals surface area contributed by atoms with Crippen LogP contribution in [0, 0.1) is 20.8 Å². The second kappa shape index (κ2) is 15.1. The molecule has 2 amide bonds. The molecule has 8 heterocycles. The maximum Gasteiger partial charge on any atom is 0.416 e. The summed E-state index contributed by atoms with van der Waals surface area (Å²) >= 11 is 0. The summed E-state index contributed by atoms with van der Waals surface area (Å²) in [5.74, 6) is 2.61. The van der Waals surface area contributed by atoms with Crippen molar-refractivity contribution in [2.75, 3.05) is 51.5 Å². The van der Waals surface area contributed by atoms with Gasteiger partial charge in [-0.2, -0.15) is 26.3 Å². The van der Waals surface area contributed by atoms with Crippen molar-refractivity contribution in [1.82, 2.24) is 19.9 Å². The number of oxazole rings is 1. The molecule has 0 spiro atoms. The number of nitrogens with one attached hydrogen (secondary N) is 2. The van der Waals surface area contributed by atoms with Crippen LogP contribution in [0.1, 0.15) is 41.0 Å². The van der Waals surface area contributed by atoms with Crippen molar-refractivity contribution >= 4 is 34.9 Å². The minimum absolute atomic E-state index is 0.133. The second-order valence-corrected chi connectivity index (χ2v) is 15.6. The lowest BCUT2D eigenvalue weighted by atomic mass is 10.0. The number of pyridine rings is 3. The number of halogens is 6. The van der Waals surface area contributed by atoms with Crippen LogP contribution in [0.5, 0.6) is 0 Å². The number of amides is 2. The zero-order valence-corrected chi connectivity index (χ0v) is 33.2. The number of carbonyl (C=O) groups excluding carboxylic acids is 1. The van der Waals surface area contributed by atoms with Crippen molar-refractivity contribution in [3.05, 3.63) is 113 Å². The Hall–Kier alpha value is -6.65. The van der Waals surface area contributed by atoms with Gasteiger partial charge in [0.25, 0.3) is 0 Å². The molecule has 4 aliphatic rings. The van der Waals surface area contributed by atoms with Crippen molar-refractivity contribution < 1.29 is 35.6 Å².